The zero-order valence-corrected chi connectivity index (χ0v) is 12.1. The molecule has 0 aliphatic carbocycles. The van der Waals surface area contributed by atoms with Crippen LogP contribution in [-0.4, -0.2) is 12.5 Å². The van der Waals surface area contributed by atoms with Gasteiger partial charge in [-0.2, -0.15) is 5.26 Å². The molecule has 2 N–H and O–H groups in total. The smallest absolute Gasteiger partial charge is 0.243 e. The Balaban J connectivity index is 1.96. The zero-order valence-electron chi connectivity index (χ0n) is 12.1. The van der Waals surface area contributed by atoms with Crippen molar-refractivity contribution in [3.63, 3.8) is 0 Å². The highest BCUT2D eigenvalue weighted by atomic mass is 16.1. The Hall–Kier alpha value is -2.80. The summed E-state index contributed by atoms with van der Waals surface area (Å²) < 4.78 is 0. The summed E-state index contributed by atoms with van der Waals surface area (Å²) in [5.74, 6) is -0.147. The normalized spacial score (nSPS) is 9.76. The highest BCUT2D eigenvalue weighted by Crippen LogP contribution is 2.17. The fraction of sp³-hybridized carbons (Fsp3) is 0.176. The topological polar surface area (TPSA) is 64.9 Å². The first-order valence-corrected chi connectivity index (χ1v) is 6.70. The predicted molar refractivity (Wildman–Crippen MR) is 84.2 cm³/mol. The molecular formula is C17H17N3O. The van der Waals surface area contributed by atoms with E-state index in [4.69, 9.17) is 5.26 Å². The van der Waals surface area contributed by atoms with Gasteiger partial charge < -0.3 is 10.6 Å². The fourth-order valence-corrected chi connectivity index (χ4v) is 1.99. The van der Waals surface area contributed by atoms with Crippen LogP contribution in [0.3, 0.4) is 0 Å². The maximum Gasteiger partial charge on any atom is 0.243 e. The number of nitrogens with zero attached hydrogens (tertiary/aromatic N) is 1. The van der Waals surface area contributed by atoms with Crippen LogP contribution < -0.4 is 10.6 Å². The van der Waals surface area contributed by atoms with Gasteiger partial charge in [-0.3, -0.25) is 4.79 Å². The van der Waals surface area contributed by atoms with E-state index in [-0.39, 0.29) is 12.5 Å². The summed E-state index contributed by atoms with van der Waals surface area (Å²) in [5, 5.41) is 14.7. The summed E-state index contributed by atoms with van der Waals surface area (Å²) in [6, 6.07) is 14.8. The molecule has 2 aromatic rings. The van der Waals surface area contributed by atoms with Crippen LogP contribution in [0, 0.1) is 25.2 Å². The summed E-state index contributed by atoms with van der Waals surface area (Å²) >= 11 is 0. The predicted octanol–water partition coefficient (Wildman–Crippen LogP) is 3.23. The number of benzene rings is 2. The van der Waals surface area contributed by atoms with Crippen molar-refractivity contribution in [2.75, 3.05) is 17.2 Å². The molecule has 0 saturated carbocycles. The largest absolute Gasteiger partial charge is 0.376 e. The minimum atomic E-state index is -0.147. The minimum Gasteiger partial charge on any atom is -0.376 e. The van der Waals surface area contributed by atoms with E-state index in [9.17, 15) is 4.79 Å². The number of rotatable bonds is 4. The molecule has 0 atom stereocenters. The van der Waals surface area contributed by atoms with E-state index in [0.29, 0.717) is 11.3 Å². The van der Waals surface area contributed by atoms with Gasteiger partial charge in [0.05, 0.1) is 18.2 Å². The lowest BCUT2D eigenvalue weighted by molar-refractivity contribution is -0.114. The molecule has 0 heterocycles. The van der Waals surface area contributed by atoms with Crippen LogP contribution in [0.4, 0.5) is 11.4 Å². The highest BCUT2D eigenvalue weighted by Gasteiger charge is 2.05. The van der Waals surface area contributed by atoms with E-state index in [0.717, 1.165) is 11.3 Å². The number of nitrogens with one attached hydrogen (secondary N) is 2. The molecule has 0 bridgehead atoms. The first kappa shape index (κ1) is 14.6. The Bertz CT molecular complexity index is 701. The molecule has 106 valence electrons. The van der Waals surface area contributed by atoms with Gasteiger partial charge in [0.25, 0.3) is 0 Å². The van der Waals surface area contributed by atoms with Gasteiger partial charge in [0.2, 0.25) is 5.91 Å². The van der Waals surface area contributed by atoms with E-state index in [2.05, 4.69) is 10.6 Å². The molecule has 0 unspecified atom stereocenters. The van der Waals surface area contributed by atoms with Crippen LogP contribution in [0.25, 0.3) is 0 Å². The van der Waals surface area contributed by atoms with Crippen molar-refractivity contribution in [2.45, 2.75) is 13.8 Å². The van der Waals surface area contributed by atoms with Gasteiger partial charge in [-0.1, -0.05) is 18.2 Å². The third kappa shape index (κ3) is 3.83. The van der Waals surface area contributed by atoms with Crippen molar-refractivity contribution in [2.24, 2.45) is 0 Å². The van der Waals surface area contributed by atoms with Crippen molar-refractivity contribution < 1.29 is 4.79 Å². The second-order valence-corrected chi connectivity index (χ2v) is 4.84. The molecule has 0 spiro atoms. The average molecular weight is 279 g/mol. The van der Waals surface area contributed by atoms with Crippen LogP contribution in [0.2, 0.25) is 0 Å². The van der Waals surface area contributed by atoms with Gasteiger partial charge in [-0.25, -0.2) is 0 Å². The molecule has 0 aliphatic rings. The number of aryl methyl sites for hydroxylation is 1. The maximum absolute atomic E-state index is 11.9. The van der Waals surface area contributed by atoms with Crippen molar-refractivity contribution in [1.29, 1.82) is 5.26 Å². The molecule has 2 rings (SSSR count). The molecule has 0 aliphatic heterocycles. The summed E-state index contributed by atoms with van der Waals surface area (Å²) in [6.07, 6.45) is 0. The number of carbonyl (C=O) groups excluding carboxylic acids is 1. The van der Waals surface area contributed by atoms with E-state index in [1.807, 2.05) is 38.1 Å². The van der Waals surface area contributed by atoms with E-state index in [1.165, 1.54) is 5.56 Å². The Kier molecular flexibility index (Phi) is 4.57. The van der Waals surface area contributed by atoms with Crippen LogP contribution in [0.15, 0.2) is 42.5 Å². The van der Waals surface area contributed by atoms with E-state index >= 15 is 0 Å². The molecule has 2 aromatic carbocycles. The van der Waals surface area contributed by atoms with Gasteiger partial charge in [0, 0.05) is 11.4 Å². The van der Waals surface area contributed by atoms with Crippen LogP contribution in [-0.2, 0) is 4.79 Å². The van der Waals surface area contributed by atoms with Gasteiger partial charge in [-0.05, 0) is 49.2 Å². The number of hydrogen-bond acceptors (Lipinski definition) is 3. The number of nitriles is 1. The van der Waals surface area contributed by atoms with Crippen molar-refractivity contribution in [1.82, 2.24) is 0 Å². The maximum atomic E-state index is 11.9. The summed E-state index contributed by atoms with van der Waals surface area (Å²) in [5.41, 5.74) is 4.42. The monoisotopic (exact) mass is 279 g/mol. The summed E-state index contributed by atoms with van der Waals surface area (Å²) in [7, 11) is 0. The van der Waals surface area contributed by atoms with Gasteiger partial charge in [-0.15, -0.1) is 0 Å². The van der Waals surface area contributed by atoms with Crippen LogP contribution in [0.5, 0.6) is 0 Å². The lowest BCUT2D eigenvalue weighted by atomic mass is 10.1. The van der Waals surface area contributed by atoms with Gasteiger partial charge in [0.15, 0.2) is 0 Å². The lowest BCUT2D eigenvalue weighted by Gasteiger charge is -2.11. The zero-order chi connectivity index (χ0) is 15.2. The Morgan fingerprint density at radius 3 is 2.71 bits per heavy atom. The third-order valence-corrected chi connectivity index (χ3v) is 3.32. The van der Waals surface area contributed by atoms with E-state index in [1.54, 1.807) is 24.3 Å². The Morgan fingerprint density at radius 2 is 1.95 bits per heavy atom. The second-order valence-electron chi connectivity index (χ2n) is 4.84. The van der Waals surface area contributed by atoms with Crippen molar-refractivity contribution in [3.8, 4) is 6.07 Å². The highest BCUT2D eigenvalue weighted by molar-refractivity contribution is 5.94. The molecular weight excluding hydrogens is 262 g/mol. The molecule has 0 radical (unpaired) electrons. The fourth-order valence-electron chi connectivity index (χ4n) is 1.99. The average Bonchev–Trinajstić information content (AvgIpc) is 2.49. The Morgan fingerprint density at radius 1 is 1.19 bits per heavy atom. The van der Waals surface area contributed by atoms with Gasteiger partial charge in [0.1, 0.15) is 0 Å². The molecule has 0 fully saturated rings. The minimum absolute atomic E-state index is 0.147. The van der Waals surface area contributed by atoms with Crippen molar-refractivity contribution in [3.05, 3.63) is 59.2 Å². The summed E-state index contributed by atoms with van der Waals surface area (Å²) in [6.45, 7) is 4.24. The molecule has 4 heteroatoms. The molecule has 1 amide bonds. The van der Waals surface area contributed by atoms with Gasteiger partial charge >= 0.3 is 0 Å². The molecule has 0 aromatic heterocycles. The van der Waals surface area contributed by atoms with Crippen molar-refractivity contribution >= 4 is 17.3 Å². The SMILES string of the molecule is Cc1cccc(NCC(=O)Nc2cccc(C#N)c2)c1C. The molecule has 21 heavy (non-hydrogen) atoms. The summed E-state index contributed by atoms with van der Waals surface area (Å²) in [4.78, 5) is 11.9. The van der Waals surface area contributed by atoms with Crippen LogP contribution >= 0.6 is 0 Å². The third-order valence-electron chi connectivity index (χ3n) is 3.32. The standard InChI is InChI=1S/C17H17N3O/c1-12-5-3-8-16(13(12)2)19-11-17(21)20-15-7-4-6-14(9-15)10-18/h3-9,19H,11H2,1-2H3,(H,20,21). The Labute approximate surface area is 124 Å². The number of anilines is 2. The number of amides is 1. The molecule has 0 saturated heterocycles. The number of hydrogen-bond donors (Lipinski definition) is 2. The van der Waals surface area contributed by atoms with Crippen LogP contribution in [0.1, 0.15) is 16.7 Å². The first-order valence-electron chi connectivity index (χ1n) is 6.70. The quantitative estimate of drug-likeness (QED) is 0.903. The second kappa shape index (κ2) is 6.58. The molecule has 4 nitrogen and oxygen atoms in total. The number of carbonyl (C=O) groups is 1. The van der Waals surface area contributed by atoms with E-state index < -0.39 is 0 Å². The first-order chi connectivity index (χ1) is 10.1. The lowest BCUT2D eigenvalue weighted by Crippen LogP contribution is -2.22.